The van der Waals surface area contributed by atoms with Gasteiger partial charge in [0.15, 0.2) is 12.0 Å². The highest BCUT2D eigenvalue weighted by Crippen LogP contribution is 2.07. The minimum absolute atomic E-state index is 0.105. The van der Waals surface area contributed by atoms with E-state index < -0.39 is 59.9 Å². The van der Waals surface area contributed by atoms with Crippen LogP contribution in [0.5, 0.6) is 0 Å². The van der Waals surface area contributed by atoms with E-state index in [1.54, 1.807) is 13.8 Å². The summed E-state index contributed by atoms with van der Waals surface area (Å²) in [5.74, 6) is -3.21. The SMILES string of the molecule is CSCCC(N)C(=O)NC(CCCN=C(N)N)C(=O)NC(C(=O)NC(C(=O)O)C(C)O)C(C)C. The summed E-state index contributed by atoms with van der Waals surface area (Å²) in [5.41, 5.74) is 16.5. The van der Waals surface area contributed by atoms with Crippen molar-refractivity contribution in [3.63, 3.8) is 0 Å². The maximum absolute atomic E-state index is 13.0. The molecule has 0 aliphatic rings. The molecule has 0 bridgehead atoms. The number of carboxylic acid groups (broad SMARTS) is 1. The number of carbonyl (C=O) groups is 4. The normalized spacial score (nSPS) is 15.4. The van der Waals surface area contributed by atoms with Crippen molar-refractivity contribution in [2.24, 2.45) is 28.1 Å². The summed E-state index contributed by atoms with van der Waals surface area (Å²) in [6.45, 7) is 4.77. The second kappa shape index (κ2) is 16.1. The Morgan fingerprint density at radius 2 is 1.53 bits per heavy atom. The molecule has 0 aromatic carbocycles. The van der Waals surface area contributed by atoms with Gasteiger partial charge in [0.05, 0.1) is 12.1 Å². The van der Waals surface area contributed by atoms with Crippen LogP contribution in [0.2, 0.25) is 0 Å². The van der Waals surface area contributed by atoms with Crippen LogP contribution in [0.4, 0.5) is 0 Å². The van der Waals surface area contributed by atoms with Gasteiger partial charge in [-0.2, -0.15) is 11.8 Å². The molecule has 3 amide bonds. The molecule has 13 nitrogen and oxygen atoms in total. The van der Waals surface area contributed by atoms with Gasteiger partial charge in [0.25, 0.3) is 0 Å². The maximum Gasteiger partial charge on any atom is 0.328 e. The van der Waals surface area contributed by atoms with Gasteiger partial charge in [-0.15, -0.1) is 0 Å². The number of carboxylic acids is 1. The first-order valence-electron chi connectivity index (χ1n) is 10.9. The lowest BCUT2D eigenvalue weighted by Gasteiger charge is -2.27. The van der Waals surface area contributed by atoms with E-state index in [0.29, 0.717) is 18.6 Å². The smallest absolute Gasteiger partial charge is 0.328 e. The number of aliphatic hydroxyl groups is 1. The zero-order chi connectivity index (χ0) is 26.4. The van der Waals surface area contributed by atoms with Crippen molar-refractivity contribution in [1.29, 1.82) is 0 Å². The summed E-state index contributed by atoms with van der Waals surface area (Å²) < 4.78 is 0. The molecule has 34 heavy (non-hydrogen) atoms. The van der Waals surface area contributed by atoms with Crippen LogP contribution < -0.4 is 33.2 Å². The Morgan fingerprint density at radius 1 is 0.941 bits per heavy atom. The summed E-state index contributed by atoms with van der Waals surface area (Å²) in [6.07, 6.45) is 1.48. The average molecular weight is 506 g/mol. The molecule has 14 heteroatoms. The van der Waals surface area contributed by atoms with Gasteiger partial charge in [-0.25, -0.2) is 4.79 Å². The van der Waals surface area contributed by atoms with Gasteiger partial charge < -0.3 is 43.4 Å². The summed E-state index contributed by atoms with van der Waals surface area (Å²) in [4.78, 5) is 53.3. The van der Waals surface area contributed by atoms with Crippen molar-refractivity contribution < 1.29 is 29.4 Å². The standard InChI is InChI=1S/C20H39N7O6S/c1-10(2)14(18(31)27-15(11(3)28)19(32)33)26-17(30)13(6-5-8-24-20(22)23)25-16(29)12(21)7-9-34-4/h10-15,28H,5-9,21H2,1-4H3,(H,25,29)(H,26,30)(H,27,31)(H,32,33)(H4,22,23,24). The van der Waals surface area contributed by atoms with Crippen LogP contribution in [0, 0.1) is 5.92 Å². The van der Waals surface area contributed by atoms with Crippen molar-refractivity contribution in [1.82, 2.24) is 16.0 Å². The molecule has 0 aliphatic heterocycles. The van der Waals surface area contributed by atoms with Gasteiger partial charge in [0.2, 0.25) is 17.7 Å². The molecule has 11 N–H and O–H groups in total. The van der Waals surface area contributed by atoms with Crippen molar-refractivity contribution in [2.45, 2.75) is 70.3 Å². The third kappa shape index (κ3) is 12.0. The molecule has 0 aliphatic carbocycles. The largest absolute Gasteiger partial charge is 0.480 e. The van der Waals surface area contributed by atoms with Crippen LogP contribution in [-0.4, -0.2) is 88.7 Å². The van der Waals surface area contributed by atoms with Gasteiger partial charge in [-0.3, -0.25) is 19.4 Å². The average Bonchev–Trinajstić information content (AvgIpc) is 2.74. The van der Waals surface area contributed by atoms with Gasteiger partial charge in [0, 0.05) is 6.54 Å². The van der Waals surface area contributed by atoms with E-state index in [1.807, 2.05) is 6.26 Å². The van der Waals surface area contributed by atoms with Crippen LogP contribution in [0.1, 0.15) is 40.0 Å². The van der Waals surface area contributed by atoms with Crippen LogP contribution in [0.3, 0.4) is 0 Å². The summed E-state index contributed by atoms with van der Waals surface area (Å²) >= 11 is 1.53. The van der Waals surface area contributed by atoms with Crippen LogP contribution in [-0.2, 0) is 19.2 Å². The number of nitrogens with zero attached hydrogens (tertiary/aromatic N) is 1. The molecule has 0 heterocycles. The van der Waals surface area contributed by atoms with E-state index in [4.69, 9.17) is 17.2 Å². The molecular weight excluding hydrogens is 466 g/mol. The van der Waals surface area contributed by atoms with E-state index in [1.165, 1.54) is 18.7 Å². The fourth-order valence-electron chi connectivity index (χ4n) is 2.85. The fraction of sp³-hybridized carbons (Fsp3) is 0.750. The first kappa shape index (κ1) is 31.4. The molecule has 5 unspecified atom stereocenters. The number of hydrogen-bond donors (Lipinski definition) is 8. The van der Waals surface area contributed by atoms with Crippen molar-refractivity contribution in [3.05, 3.63) is 0 Å². The van der Waals surface area contributed by atoms with Gasteiger partial charge >= 0.3 is 5.97 Å². The first-order valence-corrected chi connectivity index (χ1v) is 12.3. The van der Waals surface area contributed by atoms with E-state index in [2.05, 4.69) is 20.9 Å². The lowest BCUT2D eigenvalue weighted by Crippen LogP contribution is -2.59. The number of aliphatic hydroxyl groups excluding tert-OH is 1. The van der Waals surface area contributed by atoms with E-state index in [0.717, 1.165) is 0 Å². The molecule has 0 aromatic heterocycles. The highest BCUT2D eigenvalue weighted by molar-refractivity contribution is 7.98. The number of rotatable bonds is 16. The molecule has 0 saturated carbocycles. The number of thioether (sulfide) groups is 1. The van der Waals surface area contributed by atoms with E-state index >= 15 is 0 Å². The second-order valence-corrected chi connectivity index (χ2v) is 9.18. The molecule has 0 fully saturated rings. The molecule has 196 valence electrons. The molecular formula is C20H39N7O6S. The number of nitrogens with one attached hydrogen (secondary N) is 3. The number of guanidine groups is 1. The maximum atomic E-state index is 13.0. The molecule has 0 saturated heterocycles. The predicted octanol–water partition coefficient (Wildman–Crippen LogP) is -2.30. The van der Waals surface area contributed by atoms with Crippen LogP contribution in [0.25, 0.3) is 0 Å². The highest BCUT2D eigenvalue weighted by atomic mass is 32.2. The molecule has 0 aromatic rings. The predicted molar refractivity (Wildman–Crippen MR) is 131 cm³/mol. The molecule has 5 atom stereocenters. The number of carbonyl (C=O) groups excluding carboxylic acids is 3. The van der Waals surface area contributed by atoms with Gasteiger partial charge in [0.1, 0.15) is 12.1 Å². The second-order valence-electron chi connectivity index (χ2n) is 8.19. The minimum Gasteiger partial charge on any atom is -0.480 e. The Labute approximate surface area is 204 Å². The lowest BCUT2D eigenvalue weighted by molar-refractivity contribution is -0.145. The lowest BCUT2D eigenvalue weighted by atomic mass is 10.0. The topological polar surface area (TPSA) is 235 Å². The number of hydrogen-bond acceptors (Lipinski definition) is 8. The van der Waals surface area contributed by atoms with Crippen molar-refractivity contribution >= 4 is 41.4 Å². The van der Waals surface area contributed by atoms with Crippen molar-refractivity contribution in [3.8, 4) is 0 Å². The Hall–Kier alpha value is -2.58. The van der Waals surface area contributed by atoms with Crippen LogP contribution >= 0.6 is 11.8 Å². The number of aliphatic imine (C=N–C) groups is 1. The zero-order valence-electron chi connectivity index (χ0n) is 20.1. The van der Waals surface area contributed by atoms with E-state index in [-0.39, 0.29) is 18.9 Å². The van der Waals surface area contributed by atoms with Gasteiger partial charge in [-0.05, 0) is 44.1 Å². The summed E-state index contributed by atoms with van der Waals surface area (Å²) in [7, 11) is 0. The van der Waals surface area contributed by atoms with E-state index in [9.17, 15) is 29.4 Å². The Morgan fingerprint density at radius 3 is 2.00 bits per heavy atom. The fourth-order valence-corrected chi connectivity index (χ4v) is 3.34. The van der Waals surface area contributed by atoms with Crippen LogP contribution in [0.15, 0.2) is 4.99 Å². The monoisotopic (exact) mass is 505 g/mol. The van der Waals surface area contributed by atoms with Gasteiger partial charge in [-0.1, -0.05) is 13.8 Å². The number of aliphatic carboxylic acids is 1. The molecule has 0 rings (SSSR count). The third-order valence-electron chi connectivity index (χ3n) is 4.84. The minimum atomic E-state index is -1.55. The third-order valence-corrected chi connectivity index (χ3v) is 5.49. The zero-order valence-corrected chi connectivity index (χ0v) is 20.9. The number of nitrogens with two attached hydrogens (primary N) is 3. The summed E-state index contributed by atoms with van der Waals surface area (Å²) in [5, 5.41) is 26.2. The van der Waals surface area contributed by atoms with Crippen molar-refractivity contribution in [2.75, 3.05) is 18.6 Å². The Kier molecular flexibility index (Phi) is 14.9. The molecule has 0 radical (unpaired) electrons. The molecule has 0 spiro atoms. The number of amides is 3. The Bertz CT molecular complexity index is 716. The Balaban J connectivity index is 5.48. The quantitative estimate of drug-likeness (QED) is 0.0634. The summed E-state index contributed by atoms with van der Waals surface area (Å²) in [6, 6.07) is -4.50. The highest BCUT2D eigenvalue weighted by Gasteiger charge is 2.33. The first-order chi connectivity index (χ1) is 15.8.